The van der Waals surface area contributed by atoms with E-state index in [1.807, 2.05) is 13.0 Å². The van der Waals surface area contributed by atoms with E-state index in [0.717, 1.165) is 24.8 Å². The Bertz CT molecular complexity index is 387. The summed E-state index contributed by atoms with van der Waals surface area (Å²) in [5.74, 6) is 0.222. The van der Waals surface area contributed by atoms with E-state index in [1.165, 1.54) is 0 Å². The van der Waals surface area contributed by atoms with Crippen molar-refractivity contribution in [2.45, 2.75) is 58.7 Å². The summed E-state index contributed by atoms with van der Waals surface area (Å²) in [7, 11) is 1.74. The zero-order valence-corrected chi connectivity index (χ0v) is 12.9. The fourth-order valence-corrected chi connectivity index (χ4v) is 4.80. The molecule has 19 heavy (non-hydrogen) atoms. The van der Waals surface area contributed by atoms with Crippen LogP contribution in [0.1, 0.15) is 47.0 Å². The first kappa shape index (κ1) is 15.0. The molecule has 0 aliphatic heterocycles. The third-order valence-electron chi connectivity index (χ3n) is 5.89. The number of fused-ring (bicyclic) bond motifs is 1. The minimum absolute atomic E-state index is 0.0205. The lowest BCUT2D eigenvalue weighted by atomic mass is 9.46. The topological polar surface area (TPSA) is 49.7 Å². The smallest absolute Gasteiger partial charge is 0.114 e. The van der Waals surface area contributed by atoms with Gasteiger partial charge in [0.25, 0.3) is 0 Å². The molecule has 2 aliphatic rings. The van der Waals surface area contributed by atoms with Crippen LogP contribution in [0.25, 0.3) is 0 Å². The second kappa shape index (κ2) is 4.57. The fourth-order valence-electron chi connectivity index (χ4n) is 4.80. The Morgan fingerprint density at radius 3 is 2.47 bits per heavy atom. The first-order valence-corrected chi connectivity index (χ1v) is 7.28. The number of aliphatic hydroxyl groups excluding tert-OH is 1. The van der Waals surface area contributed by atoms with Crippen molar-refractivity contribution in [2.24, 2.45) is 16.7 Å². The molecular weight excluding hydrogens is 240 g/mol. The van der Waals surface area contributed by atoms with Crippen LogP contribution in [0.4, 0.5) is 0 Å². The average Bonchev–Trinajstić information content (AvgIpc) is 2.33. The summed E-state index contributed by atoms with van der Waals surface area (Å²) in [5, 5.41) is 20.9. The van der Waals surface area contributed by atoms with Gasteiger partial charge in [0, 0.05) is 18.4 Å². The highest BCUT2D eigenvalue weighted by Crippen LogP contribution is 2.61. The molecule has 1 saturated carbocycles. The molecule has 0 bridgehead atoms. The predicted octanol–water partition coefficient (Wildman–Crippen LogP) is 2.52. The molecule has 0 unspecified atom stereocenters. The molecule has 2 N–H and O–H groups in total. The Balaban J connectivity index is 2.60. The van der Waals surface area contributed by atoms with Crippen molar-refractivity contribution in [3.05, 3.63) is 11.6 Å². The number of rotatable bonds is 2. The van der Waals surface area contributed by atoms with E-state index in [4.69, 9.17) is 4.74 Å². The van der Waals surface area contributed by atoms with E-state index in [-0.39, 0.29) is 29.5 Å². The Hall–Kier alpha value is -0.380. The minimum atomic E-state index is -1.12. The van der Waals surface area contributed by atoms with Crippen molar-refractivity contribution in [3.8, 4) is 0 Å². The summed E-state index contributed by atoms with van der Waals surface area (Å²) >= 11 is 0. The van der Waals surface area contributed by atoms with Crippen molar-refractivity contribution in [1.82, 2.24) is 0 Å². The molecule has 0 amide bonds. The van der Waals surface area contributed by atoms with Crippen LogP contribution >= 0.6 is 0 Å². The van der Waals surface area contributed by atoms with Gasteiger partial charge in [-0.05, 0) is 30.8 Å². The molecule has 2 aliphatic carbocycles. The molecule has 110 valence electrons. The maximum atomic E-state index is 11.1. The van der Waals surface area contributed by atoms with E-state index >= 15 is 0 Å². The lowest BCUT2D eigenvalue weighted by Crippen LogP contribution is -2.64. The highest BCUT2D eigenvalue weighted by Gasteiger charge is 2.62. The Morgan fingerprint density at radius 1 is 1.32 bits per heavy atom. The molecule has 0 aromatic heterocycles. The third-order valence-corrected chi connectivity index (χ3v) is 5.89. The van der Waals surface area contributed by atoms with Crippen LogP contribution in [0.15, 0.2) is 11.6 Å². The number of methoxy groups -OCH3 is 1. The van der Waals surface area contributed by atoms with Crippen LogP contribution in [-0.4, -0.2) is 35.6 Å². The average molecular weight is 268 g/mol. The number of hydrogen-bond donors (Lipinski definition) is 2. The summed E-state index contributed by atoms with van der Waals surface area (Å²) in [6.45, 7) is 8.33. The molecule has 3 heteroatoms. The lowest BCUT2D eigenvalue weighted by Gasteiger charge is -2.61. The first-order chi connectivity index (χ1) is 8.73. The lowest BCUT2D eigenvalue weighted by molar-refractivity contribution is -0.190. The zero-order valence-electron chi connectivity index (χ0n) is 12.9. The minimum Gasteiger partial charge on any atom is -0.393 e. The number of ether oxygens (including phenoxy) is 1. The maximum absolute atomic E-state index is 11.1. The predicted molar refractivity (Wildman–Crippen MR) is 75.8 cm³/mol. The van der Waals surface area contributed by atoms with E-state index in [2.05, 4.69) is 20.8 Å². The van der Waals surface area contributed by atoms with E-state index < -0.39 is 5.60 Å². The Morgan fingerprint density at radius 2 is 1.95 bits per heavy atom. The van der Waals surface area contributed by atoms with Gasteiger partial charge in [0.1, 0.15) is 5.60 Å². The fraction of sp³-hybridized carbons (Fsp3) is 0.875. The summed E-state index contributed by atoms with van der Waals surface area (Å²) in [4.78, 5) is 0. The van der Waals surface area contributed by atoms with Crippen LogP contribution < -0.4 is 0 Å². The van der Waals surface area contributed by atoms with Gasteiger partial charge in [0.05, 0.1) is 12.7 Å². The van der Waals surface area contributed by atoms with Gasteiger partial charge in [-0.1, -0.05) is 33.3 Å². The number of aliphatic hydroxyl groups is 2. The molecule has 4 atom stereocenters. The van der Waals surface area contributed by atoms with E-state index in [9.17, 15) is 10.2 Å². The van der Waals surface area contributed by atoms with Crippen LogP contribution in [0, 0.1) is 16.7 Å². The SMILES string of the molecule is CO[C@@H]1C=C(C)[C@](O)(CO)[C@]2(C)CCCC(C)(C)[C@@H]12. The molecule has 0 aromatic rings. The van der Waals surface area contributed by atoms with Gasteiger partial charge in [-0.25, -0.2) is 0 Å². The third kappa shape index (κ3) is 1.90. The monoisotopic (exact) mass is 268 g/mol. The number of hydrogen-bond acceptors (Lipinski definition) is 3. The summed E-state index contributed by atoms with van der Waals surface area (Å²) in [6.07, 6.45) is 5.19. The maximum Gasteiger partial charge on any atom is 0.114 e. The molecule has 0 saturated heterocycles. The largest absolute Gasteiger partial charge is 0.393 e. The van der Waals surface area contributed by atoms with Gasteiger partial charge < -0.3 is 14.9 Å². The molecule has 2 rings (SSSR count). The Labute approximate surface area is 116 Å². The highest BCUT2D eigenvalue weighted by molar-refractivity contribution is 5.30. The summed E-state index contributed by atoms with van der Waals surface area (Å²) in [5.41, 5.74) is -0.500. The van der Waals surface area contributed by atoms with Crippen LogP contribution in [0.3, 0.4) is 0 Å². The molecule has 0 spiro atoms. The molecule has 0 aromatic carbocycles. The van der Waals surface area contributed by atoms with E-state index in [1.54, 1.807) is 7.11 Å². The normalized spacial score (nSPS) is 45.5. The van der Waals surface area contributed by atoms with Crippen molar-refractivity contribution < 1.29 is 14.9 Å². The van der Waals surface area contributed by atoms with Crippen molar-refractivity contribution in [2.75, 3.05) is 13.7 Å². The summed E-state index contributed by atoms with van der Waals surface area (Å²) in [6, 6.07) is 0. The molecular formula is C16H28O3. The van der Waals surface area contributed by atoms with Gasteiger partial charge in [0.15, 0.2) is 0 Å². The van der Waals surface area contributed by atoms with Gasteiger partial charge >= 0.3 is 0 Å². The van der Waals surface area contributed by atoms with E-state index in [0.29, 0.717) is 0 Å². The van der Waals surface area contributed by atoms with Crippen LogP contribution in [-0.2, 0) is 4.74 Å². The quantitative estimate of drug-likeness (QED) is 0.757. The van der Waals surface area contributed by atoms with Gasteiger partial charge in [-0.15, -0.1) is 0 Å². The van der Waals surface area contributed by atoms with Crippen LogP contribution in [0.5, 0.6) is 0 Å². The van der Waals surface area contributed by atoms with Crippen molar-refractivity contribution >= 4 is 0 Å². The van der Waals surface area contributed by atoms with Gasteiger partial charge in [-0.3, -0.25) is 0 Å². The Kier molecular flexibility index (Phi) is 3.62. The summed E-state index contributed by atoms with van der Waals surface area (Å²) < 4.78 is 5.70. The first-order valence-electron chi connectivity index (χ1n) is 7.28. The molecule has 3 nitrogen and oxygen atoms in total. The van der Waals surface area contributed by atoms with Crippen LogP contribution in [0.2, 0.25) is 0 Å². The second-order valence-electron chi connectivity index (χ2n) is 7.31. The van der Waals surface area contributed by atoms with Crippen molar-refractivity contribution in [1.29, 1.82) is 0 Å². The van der Waals surface area contributed by atoms with Crippen molar-refractivity contribution in [3.63, 3.8) is 0 Å². The zero-order chi connectivity index (χ0) is 14.5. The second-order valence-corrected chi connectivity index (χ2v) is 7.31. The molecule has 0 radical (unpaired) electrons. The standard InChI is InChI=1S/C16H28O3/c1-11-9-12(19-5)13-14(2,3)7-6-8-15(13,4)16(11,18)10-17/h9,12-13,17-18H,6-8,10H2,1-5H3/t12-,13-,15-,16-/m1/s1. The molecule has 1 fully saturated rings. The van der Waals surface area contributed by atoms with Gasteiger partial charge in [0.2, 0.25) is 0 Å². The molecule has 0 heterocycles. The van der Waals surface area contributed by atoms with Gasteiger partial charge in [-0.2, -0.15) is 0 Å². The highest BCUT2D eigenvalue weighted by atomic mass is 16.5.